The molecule has 0 saturated carbocycles. The number of carbonyl (C=O) groups excluding carboxylic acids is 1. The topological polar surface area (TPSA) is 55.1 Å². The van der Waals surface area contributed by atoms with Gasteiger partial charge in [0.1, 0.15) is 5.82 Å². The minimum atomic E-state index is -0.754. The first-order valence-corrected chi connectivity index (χ1v) is 5.09. The molecular formula is C12H15FN2O. The molecule has 0 aliphatic rings. The van der Waals surface area contributed by atoms with E-state index in [4.69, 9.17) is 5.73 Å². The van der Waals surface area contributed by atoms with Gasteiger partial charge in [0.05, 0.1) is 5.56 Å². The molecule has 0 aliphatic carbocycles. The normalized spacial score (nSPS) is 9.81. The number of allylic oxidation sites excluding steroid dienone is 1. The largest absolute Gasteiger partial charge is 0.385 e. The summed E-state index contributed by atoms with van der Waals surface area (Å²) in [7, 11) is 0. The molecule has 16 heavy (non-hydrogen) atoms. The van der Waals surface area contributed by atoms with Crippen LogP contribution in [-0.2, 0) is 0 Å². The van der Waals surface area contributed by atoms with E-state index in [2.05, 4.69) is 11.9 Å². The lowest BCUT2D eigenvalue weighted by Crippen LogP contribution is -2.13. The number of primary amides is 1. The van der Waals surface area contributed by atoms with Crippen LogP contribution in [0.3, 0.4) is 0 Å². The summed E-state index contributed by atoms with van der Waals surface area (Å²) in [5, 5.41) is 3.05. The van der Waals surface area contributed by atoms with Crippen molar-refractivity contribution < 1.29 is 9.18 Å². The van der Waals surface area contributed by atoms with Gasteiger partial charge in [-0.3, -0.25) is 4.79 Å². The van der Waals surface area contributed by atoms with E-state index in [1.807, 2.05) is 6.08 Å². The number of unbranched alkanes of at least 4 members (excludes halogenated alkanes) is 1. The minimum Gasteiger partial charge on any atom is -0.385 e. The van der Waals surface area contributed by atoms with E-state index in [0.717, 1.165) is 19.4 Å². The Bertz CT molecular complexity index is 391. The maximum Gasteiger partial charge on any atom is 0.251 e. The molecule has 0 aliphatic heterocycles. The van der Waals surface area contributed by atoms with Crippen LogP contribution in [0.5, 0.6) is 0 Å². The highest BCUT2D eigenvalue weighted by Crippen LogP contribution is 2.14. The number of hydrogen-bond donors (Lipinski definition) is 2. The van der Waals surface area contributed by atoms with E-state index in [-0.39, 0.29) is 5.56 Å². The van der Waals surface area contributed by atoms with Gasteiger partial charge in [-0.25, -0.2) is 4.39 Å². The number of hydrogen-bond acceptors (Lipinski definition) is 2. The zero-order valence-corrected chi connectivity index (χ0v) is 9.00. The first-order chi connectivity index (χ1) is 7.65. The summed E-state index contributed by atoms with van der Waals surface area (Å²) >= 11 is 0. The summed E-state index contributed by atoms with van der Waals surface area (Å²) in [6.45, 7) is 4.35. The third-order valence-corrected chi connectivity index (χ3v) is 2.15. The highest BCUT2D eigenvalue weighted by atomic mass is 19.1. The van der Waals surface area contributed by atoms with Gasteiger partial charge in [-0.2, -0.15) is 0 Å². The van der Waals surface area contributed by atoms with Gasteiger partial charge in [-0.05, 0) is 31.0 Å². The minimum absolute atomic E-state index is 0.0864. The van der Waals surface area contributed by atoms with Crippen LogP contribution in [0.1, 0.15) is 23.2 Å². The molecule has 1 rings (SSSR count). The van der Waals surface area contributed by atoms with Gasteiger partial charge in [0.2, 0.25) is 0 Å². The second-order valence-electron chi connectivity index (χ2n) is 3.42. The molecule has 1 aromatic carbocycles. The molecule has 0 saturated heterocycles. The molecule has 86 valence electrons. The van der Waals surface area contributed by atoms with Crippen LogP contribution in [0.4, 0.5) is 10.1 Å². The fourth-order valence-corrected chi connectivity index (χ4v) is 1.30. The number of rotatable bonds is 6. The summed E-state index contributed by atoms with van der Waals surface area (Å²) in [4.78, 5) is 10.8. The number of amides is 1. The second kappa shape index (κ2) is 5.90. The van der Waals surface area contributed by atoms with Gasteiger partial charge < -0.3 is 11.1 Å². The van der Waals surface area contributed by atoms with Gasteiger partial charge in [0.25, 0.3) is 5.91 Å². The van der Waals surface area contributed by atoms with Crippen molar-refractivity contribution in [3.05, 3.63) is 42.2 Å². The molecule has 0 bridgehead atoms. The molecule has 3 N–H and O–H groups in total. The summed E-state index contributed by atoms with van der Waals surface area (Å²) in [5.41, 5.74) is 5.55. The fourth-order valence-electron chi connectivity index (χ4n) is 1.30. The molecule has 1 aromatic rings. The third-order valence-electron chi connectivity index (χ3n) is 2.15. The molecule has 0 atom stereocenters. The Balaban J connectivity index is 2.59. The number of nitrogens with one attached hydrogen (secondary N) is 1. The van der Waals surface area contributed by atoms with Crippen LogP contribution in [0.25, 0.3) is 0 Å². The second-order valence-corrected chi connectivity index (χ2v) is 3.42. The van der Waals surface area contributed by atoms with E-state index in [1.165, 1.54) is 12.1 Å². The summed E-state index contributed by atoms with van der Waals surface area (Å²) < 4.78 is 13.3. The predicted octanol–water partition coefficient (Wildman–Crippen LogP) is 2.30. The Morgan fingerprint density at radius 2 is 2.31 bits per heavy atom. The van der Waals surface area contributed by atoms with E-state index in [9.17, 15) is 9.18 Å². The Hall–Kier alpha value is -1.84. The Morgan fingerprint density at radius 1 is 1.56 bits per heavy atom. The maximum atomic E-state index is 13.3. The molecule has 0 unspecified atom stereocenters. The zero-order valence-electron chi connectivity index (χ0n) is 9.00. The number of carbonyl (C=O) groups is 1. The molecule has 4 heteroatoms. The van der Waals surface area contributed by atoms with Gasteiger partial charge in [0.15, 0.2) is 0 Å². The monoisotopic (exact) mass is 222 g/mol. The lowest BCUT2D eigenvalue weighted by atomic mass is 10.2. The Labute approximate surface area is 94.1 Å². The van der Waals surface area contributed by atoms with E-state index in [1.54, 1.807) is 6.07 Å². The summed E-state index contributed by atoms with van der Waals surface area (Å²) in [6, 6.07) is 4.29. The molecule has 0 aromatic heterocycles. The van der Waals surface area contributed by atoms with Crippen molar-refractivity contribution in [2.75, 3.05) is 11.9 Å². The fraction of sp³-hybridized carbons (Fsp3) is 0.250. The average molecular weight is 222 g/mol. The average Bonchev–Trinajstić information content (AvgIpc) is 2.24. The van der Waals surface area contributed by atoms with Crippen LogP contribution in [0.2, 0.25) is 0 Å². The highest BCUT2D eigenvalue weighted by molar-refractivity contribution is 5.93. The number of anilines is 1. The summed E-state index contributed by atoms with van der Waals surface area (Å²) in [5.74, 6) is -1.35. The first kappa shape index (κ1) is 12.2. The zero-order chi connectivity index (χ0) is 12.0. The van der Waals surface area contributed by atoms with Crippen LogP contribution in [0, 0.1) is 5.82 Å². The molecule has 3 nitrogen and oxygen atoms in total. The molecule has 1 amide bonds. The highest BCUT2D eigenvalue weighted by Gasteiger charge is 2.07. The molecule has 0 spiro atoms. The van der Waals surface area contributed by atoms with Crippen molar-refractivity contribution >= 4 is 11.6 Å². The number of nitrogens with two attached hydrogens (primary N) is 1. The van der Waals surface area contributed by atoms with Crippen LogP contribution in [-0.4, -0.2) is 12.5 Å². The van der Waals surface area contributed by atoms with E-state index >= 15 is 0 Å². The Kier molecular flexibility index (Phi) is 4.51. The van der Waals surface area contributed by atoms with E-state index in [0.29, 0.717) is 5.69 Å². The summed E-state index contributed by atoms with van der Waals surface area (Å²) in [6.07, 6.45) is 3.68. The third kappa shape index (κ3) is 3.38. The standard InChI is InChI=1S/C12H15FN2O/c1-2-3-4-7-15-9-5-6-10(12(14)16)11(13)8-9/h2,5-6,8,15H,1,3-4,7H2,(H2,14,16). The van der Waals surface area contributed by atoms with Crippen LogP contribution in [0.15, 0.2) is 30.9 Å². The van der Waals surface area contributed by atoms with E-state index < -0.39 is 11.7 Å². The van der Waals surface area contributed by atoms with Crippen molar-refractivity contribution in [2.45, 2.75) is 12.8 Å². The quantitative estimate of drug-likeness (QED) is 0.573. The lowest BCUT2D eigenvalue weighted by Gasteiger charge is -2.06. The lowest BCUT2D eigenvalue weighted by molar-refractivity contribution is 0.0996. The van der Waals surface area contributed by atoms with Crippen molar-refractivity contribution in [1.29, 1.82) is 0 Å². The first-order valence-electron chi connectivity index (χ1n) is 5.09. The Morgan fingerprint density at radius 3 is 2.88 bits per heavy atom. The molecule has 0 fully saturated rings. The van der Waals surface area contributed by atoms with Crippen molar-refractivity contribution in [3.8, 4) is 0 Å². The van der Waals surface area contributed by atoms with Crippen molar-refractivity contribution in [3.63, 3.8) is 0 Å². The van der Waals surface area contributed by atoms with Gasteiger partial charge in [-0.1, -0.05) is 6.08 Å². The molecule has 0 radical (unpaired) electrons. The molecule has 0 heterocycles. The van der Waals surface area contributed by atoms with Gasteiger partial charge in [0, 0.05) is 12.2 Å². The SMILES string of the molecule is C=CCCCNc1ccc(C(N)=O)c(F)c1. The van der Waals surface area contributed by atoms with Crippen molar-refractivity contribution in [1.82, 2.24) is 0 Å². The molecular weight excluding hydrogens is 207 g/mol. The predicted molar refractivity (Wildman–Crippen MR) is 62.8 cm³/mol. The van der Waals surface area contributed by atoms with Crippen molar-refractivity contribution in [2.24, 2.45) is 5.73 Å². The smallest absolute Gasteiger partial charge is 0.251 e. The number of halogens is 1. The van der Waals surface area contributed by atoms with Gasteiger partial charge in [-0.15, -0.1) is 6.58 Å². The van der Waals surface area contributed by atoms with Gasteiger partial charge >= 0.3 is 0 Å². The van der Waals surface area contributed by atoms with Crippen LogP contribution >= 0.6 is 0 Å². The maximum absolute atomic E-state index is 13.3. The number of benzene rings is 1. The van der Waals surface area contributed by atoms with Crippen LogP contribution < -0.4 is 11.1 Å².